The van der Waals surface area contributed by atoms with Crippen molar-refractivity contribution in [1.29, 1.82) is 0 Å². The highest BCUT2D eigenvalue weighted by Gasteiger charge is 2.43. The summed E-state index contributed by atoms with van der Waals surface area (Å²) in [4.78, 5) is 72.4. The van der Waals surface area contributed by atoms with Gasteiger partial charge in [0.2, 0.25) is 11.8 Å². The Morgan fingerprint density at radius 3 is 2.03 bits per heavy atom. The smallest absolute Gasteiger partial charge is 0.407 e. The number of aromatic nitrogens is 5. The lowest BCUT2D eigenvalue weighted by molar-refractivity contribution is -0.138. The van der Waals surface area contributed by atoms with Gasteiger partial charge in [0, 0.05) is 35.2 Å². The maximum absolute atomic E-state index is 17.0. The topological polar surface area (TPSA) is 198 Å². The van der Waals surface area contributed by atoms with Crippen LogP contribution < -0.4 is 15.4 Å². The molecule has 0 radical (unpaired) electrons. The number of aromatic amines is 2. The van der Waals surface area contributed by atoms with Crippen molar-refractivity contribution in [2.45, 2.75) is 109 Å². The van der Waals surface area contributed by atoms with Gasteiger partial charge < -0.3 is 49.3 Å². The predicted molar refractivity (Wildman–Crippen MR) is 246 cm³/mol. The summed E-state index contributed by atoms with van der Waals surface area (Å²) in [6, 6.07) is 8.94. The van der Waals surface area contributed by atoms with Crippen molar-refractivity contribution in [2.75, 3.05) is 27.3 Å². The van der Waals surface area contributed by atoms with Crippen molar-refractivity contribution in [3.05, 3.63) is 78.9 Å². The first-order valence-corrected chi connectivity index (χ1v) is 23.1. The third-order valence-electron chi connectivity index (χ3n) is 13.7. The molecule has 8 atom stereocenters. The number of likely N-dealkylation sites (tertiary alicyclic amines) is 2. The van der Waals surface area contributed by atoms with Crippen LogP contribution in [0.15, 0.2) is 61.4 Å². The molecule has 4 N–H and O–H groups in total. The number of benzene rings is 2. The molecular weight excluding hydrogens is 862 g/mol. The van der Waals surface area contributed by atoms with Crippen molar-refractivity contribution in [2.24, 2.45) is 11.8 Å². The molecule has 17 nitrogen and oxygen atoms in total. The van der Waals surface area contributed by atoms with E-state index in [1.807, 2.05) is 62.6 Å². The van der Waals surface area contributed by atoms with Gasteiger partial charge in [-0.3, -0.25) is 14.2 Å². The number of hydrogen-bond donors (Lipinski definition) is 4. The van der Waals surface area contributed by atoms with Crippen LogP contribution in [-0.2, 0) is 23.8 Å². The van der Waals surface area contributed by atoms with E-state index < -0.39 is 36.3 Å². The van der Waals surface area contributed by atoms with E-state index in [1.165, 1.54) is 14.2 Å². The zero-order valence-corrected chi connectivity index (χ0v) is 38.6. The number of H-pyrrole nitrogens is 2. The molecule has 0 spiro atoms. The summed E-state index contributed by atoms with van der Waals surface area (Å²) >= 11 is 0. The fourth-order valence-electron chi connectivity index (χ4n) is 10.6. The average Bonchev–Trinajstić information content (AvgIpc) is 4.19. The SMILES string of the molecule is C=CC1Oc2cc(-c3cnc([C@@H]4CCCN4C(=O)[C@@H](NC(=O)OC)C(C)C)[nH]3)ccc2-c2c(F)c3cc(-c4cnc([C@@H]5CCCN5C(=O)C(NC(=O)OC)C5C[C@@H](C)O[C@@H](C)C5)[nH]4)ccc3n21. The zero-order valence-electron chi connectivity index (χ0n) is 38.6. The number of methoxy groups -OCH3 is 2. The first-order valence-electron chi connectivity index (χ1n) is 23.1. The quantitative estimate of drug-likeness (QED) is 0.0944. The van der Waals surface area contributed by atoms with Crippen LogP contribution in [0.2, 0.25) is 0 Å². The fraction of sp³-hybridized carbons (Fsp3) is 0.469. The molecule has 0 bridgehead atoms. The lowest BCUT2D eigenvalue weighted by Crippen LogP contribution is -2.54. The third kappa shape index (κ3) is 8.51. The van der Waals surface area contributed by atoms with Gasteiger partial charge in [0.1, 0.15) is 29.5 Å². The van der Waals surface area contributed by atoms with Gasteiger partial charge in [-0.1, -0.05) is 32.6 Å². The van der Waals surface area contributed by atoms with Gasteiger partial charge in [-0.15, -0.1) is 0 Å². The number of fused-ring (bicyclic) bond motifs is 5. The van der Waals surface area contributed by atoms with Gasteiger partial charge in [-0.05, 0) is 94.5 Å². The Morgan fingerprint density at radius 2 is 1.43 bits per heavy atom. The first kappa shape index (κ1) is 45.5. The number of nitrogens with one attached hydrogen (secondary N) is 4. The summed E-state index contributed by atoms with van der Waals surface area (Å²) in [6.45, 7) is 12.8. The summed E-state index contributed by atoms with van der Waals surface area (Å²) in [7, 11) is 2.56. The molecule has 3 unspecified atom stereocenters. The molecule has 3 saturated heterocycles. The third-order valence-corrected chi connectivity index (χ3v) is 13.7. The highest BCUT2D eigenvalue weighted by atomic mass is 19.1. The van der Waals surface area contributed by atoms with E-state index in [4.69, 9.17) is 28.9 Å². The molecule has 18 heteroatoms. The second-order valence-corrected chi connectivity index (χ2v) is 18.4. The van der Waals surface area contributed by atoms with E-state index in [-0.39, 0.29) is 47.9 Å². The lowest BCUT2D eigenvalue weighted by atomic mass is 9.85. The maximum atomic E-state index is 17.0. The van der Waals surface area contributed by atoms with Crippen molar-refractivity contribution in [3.63, 3.8) is 0 Å². The number of alkyl carbamates (subject to hydrolysis) is 2. The summed E-state index contributed by atoms with van der Waals surface area (Å²) in [6.07, 6.45) is 7.10. The summed E-state index contributed by atoms with van der Waals surface area (Å²) in [5.41, 5.74) is 4.40. The molecule has 7 heterocycles. The van der Waals surface area contributed by atoms with Crippen LogP contribution in [0.4, 0.5) is 14.0 Å². The van der Waals surface area contributed by atoms with Gasteiger partial charge in [0.25, 0.3) is 0 Å². The molecular formula is C49H58FN9O8. The molecule has 2 aromatic carbocycles. The number of imidazole rings is 2. The summed E-state index contributed by atoms with van der Waals surface area (Å²) < 4.78 is 40.9. The molecule has 3 aromatic heterocycles. The number of halogens is 1. The van der Waals surface area contributed by atoms with E-state index >= 15 is 4.39 Å². The number of hydrogen-bond acceptors (Lipinski definition) is 10. The van der Waals surface area contributed by atoms with Crippen LogP contribution in [0.25, 0.3) is 44.7 Å². The Labute approximate surface area is 387 Å². The molecule has 4 aliphatic heterocycles. The van der Waals surface area contributed by atoms with Gasteiger partial charge in [-0.2, -0.15) is 0 Å². The molecule has 354 valence electrons. The molecule has 4 aliphatic rings. The molecule has 0 saturated carbocycles. The number of rotatable bonds is 11. The maximum Gasteiger partial charge on any atom is 0.407 e. The second-order valence-electron chi connectivity index (χ2n) is 18.4. The minimum Gasteiger partial charge on any atom is -0.466 e. The minimum absolute atomic E-state index is 0.0570. The molecule has 0 aliphatic carbocycles. The van der Waals surface area contributed by atoms with Crippen molar-refractivity contribution < 1.29 is 42.5 Å². The fourth-order valence-corrected chi connectivity index (χ4v) is 10.6. The lowest BCUT2D eigenvalue weighted by Gasteiger charge is -2.38. The minimum atomic E-state index is -0.782. The van der Waals surface area contributed by atoms with Gasteiger partial charge in [0.15, 0.2) is 12.0 Å². The van der Waals surface area contributed by atoms with Crippen LogP contribution in [0, 0.1) is 17.7 Å². The zero-order chi connectivity index (χ0) is 47.3. The van der Waals surface area contributed by atoms with E-state index in [2.05, 4.69) is 27.2 Å². The molecule has 5 aromatic rings. The standard InChI is InChI=1S/C49H58FN9O8/c1-8-39-59-35-16-14-28(33-23-51-45(53-33)37-12-10-18-58(37)47(61)42(56-49(63)65-7)30-19-26(4)66-27(5)20-30)21-32(35)40(50)43(59)31-15-13-29(22-38(31)67-39)34-24-52-44(54-34)36-11-9-17-57(36)46(60)41(25(2)3)55-48(62)64-6/h8,13-16,21-27,30,36-37,39,41-42H,1,9-12,17-20H2,2-7H3,(H,51,53)(H,52,54)(H,55,62)(H,56,63)/t26-,27+,30?,36-,37-,39?,41-,42?/m0/s1. The van der Waals surface area contributed by atoms with Crippen LogP contribution in [-0.4, -0.2) is 110 Å². The number of carbonyl (C=O) groups is 4. The van der Waals surface area contributed by atoms with E-state index in [9.17, 15) is 19.2 Å². The molecule has 67 heavy (non-hydrogen) atoms. The highest BCUT2D eigenvalue weighted by molar-refractivity contribution is 5.93. The number of nitrogens with zero attached hydrogens (tertiary/aromatic N) is 5. The van der Waals surface area contributed by atoms with Crippen LogP contribution >= 0.6 is 0 Å². The van der Waals surface area contributed by atoms with E-state index in [0.717, 1.165) is 18.4 Å². The Hall–Kier alpha value is -6.69. The second kappa shape index (κ2) is 18.5. The van der Waals surface area contributed by atoms with Crippen molar-refractivity contribution in [3.8, 4) is 39.5 Å². The molecule has 4 amide bonds. The van der Waals surface area contributed by atoms with Gasteiger partial charge in [-0.25, -0.2) is 23.9 Å². The average molecular weight is 920 g/mol. The summed E-state index contributed by atoms with van der Waals surface area (Å²) in [5, 5.41) is 5.90. The Kier molecular flexibility index (Phi) is 12.6. The van der Waals surface area contributed by atoms with Crippen molar-refractivity contribution >= 4 is 34.9 Å². The monoisotopic (exact) mass is 919 g/mol. The van der Waals surface area contributed by atoms with E-state index in [1.54, 1.807) is 34.3 Å². The Bertz CT molecular complexity index is 2700. The number of ether oxygens (including phenoxy) is 4. The highest BCUT2D eigenvalue weighted by Crippen LogP contribution is 2.47. The summed E-state index contributed by atoms with van der Waals surface area (Å²) in [5.74, 6) is 0.627. The van der Waals surface area contributed by atoms with Crippen LogP contribution in [0.3, 0.4) is 0 Å². The Morgan fingerprint density at radius 1 is 0.851 bits per heavy atom. The predicted octanol–water partition coefficient (Wildman–Crippen LogP) is 7.94. The van der Waals surface area contributed by atoms with Crippen LogP contribution in [0.1, 0.15) is 96.2 Å². The van der Waals surface area contributed by atoms with Crippen molar-refractivity contribution in [1.82, 2.24) is 44.9 Å². The van der Waals surface area contributed by atoms with E-state index in [0.29, 0.717) is 95.3 Å². The molecule has 3 fully saturated rings. The number of amides is 4. The number of carbonyl (C=O) groups excluding carboxylic acids is 4. The Balaban J connectivity index is 0.961. The molecule has 9 rings (SSSR count). The van der Waals surface area contributed by atoms with Gasteiger partial charge >= 0.3 is 12.2 Å². The van der Waals surface area contributed by atoms with Gasteiger partial charge in [0.05, 0.1) is 73.5 Å². The first-order chi connectivity index (χ1) is 32.3. The largest absolute Gasteiger partial charge is 0.466 e. The van der Waals surface area contributed by atoms with Crippen LogP contribution in [0.5, 0.6) is 5.75 Å². The normalized spacial score (nSPS) is 23.3.